The molecule has 6 fully saturated rings. The van der Waals surface area contributed by atoms with Gasteiger partial charge in [0.2, 0.25) is 70.9 Å². The number of carbonyl (C=O) groups is 12. The van der Waals surface area contributed by atoms with Crippen molar-refractivity contribution in [3.05, 3.63) is 35.1 Å². The third-order valence-corrected chi connectivity index (χ3v) is 21.7. The predicted octanol–water partition coefficient (Wildman–Crippen LogP) is 5.13. The number of hydrogen-bond acceptors (Lipinski definition) is 12. The second kappa shape index (κ2) is 34.3. The Labute approximate surface area is 580 Å². The van der Waals surface area contributed by atoms with Crippen LogP contribution in [0, 0.1) is 29.5 Å². The van der Waals surface area contributed by atoms with E-state index in [1.54, 1.807) is 25.7 Å². The molecule has 0 aromatic heterocycles. The number of carbonyl (C=O) groups excluding carboxylic acids is 12. The highest BCUT2D eigenvalue weighted by Crippen LogP contribution is 2.36. The molecule has 24 nitrogen and oxygen atoms in total. The van der Waals surface area contributed by atoms with Gasteiger partial charge in [-0.05, 0) is 118 Å². The van der Waals surface area contributed by atoms with Gasteiger partial charge < -0.3 is 60.0 Å². The zero-order chi connectivity index (χ0) is 73.1. The van der Waals surface area contributed by atoms with Crippen LogP contribution in [-0.4, -0.2) is 250 Å². The SMILES string of the molecule is CC[C@H](C)[C@@H]1NC(=O)[C@H](CC(C)C)N(C)C(=O)C[C@@H](C(=O)N2CCCCC2)N(C)C(=O)[C@H](C(C)C)N(C)C(=O)C2(CCCC2)NC(=O)[C@@H]2CCCN2C(=O)[C@H](CCc2ccc(C(F)(F)F)c(F)c2)NC(=O)CN(C)C(=O)[C@H](CC2CCCCC2)N(C)C(=O)[C@@H]2CCN2C(=O)CN(C)C1=O. The van der Waals surface area contributed by atoms with Crippen LogP contribution < -0.4 is 16.0 Å². The molecular weight excluding hydrogens is 1290 g/mol. The molecule has 552 valence electrons. The third-order valence-electron chi connectivity index (χ3n) is 21.7. The Kier molecular flexibility index (Phi) is 27.3. The number of likely N-dealkylation sites (N-methyl/N-ethyl adjacent to an activating group) is 6. The van der Waals surface area contributed by atoms with Crippen molar-refractivity contribution in [1.82, 2.24) is 60.0 Å². The van der Waals surface area contributed by atoms with Gasteiger partial charge in [-0.25, -0.2) is 4.39 Å². The zero-order valence-corrected chi connectivity index (χ0v) is 60.2. The molecule has 28 heteroatoms. The Bertz CT molecular complexity index is 3120. The number of aryl methyl sites for hydroxylation is 1. The van der Waals surface area contributed by atoms with Crippen LogP contribution in [0.5, 0.6) is 0 Å². The van der Waals surface area contributed by atoms with Gasteiger partial charge in [0.05, 0.1) is 25.1 Å². The molecule has 2 saturated carbocycles. The van der Waals surface area contributed by atoms with Crippen LogP contribution in [0.3, 0.4) is 0 Å². The smallest absolute Gasteiger partial charge is 0.343 e. The van der Waals surface area contributed by atoms with E-state index in [2.05, 4.69) is 16.0 Å². The maximum atomic E-state index is 15.4. The van der Waals surface area contributed by atoms with Crippen LogP contribution in [0.25, 0.3) is 0 Å². The zero-order valence-electron chi connectivity index (χ0n) is 60.2. The number of rotatable bonds is 11. The summed E-state index contributed by atoms with van der Waals surface area (Å²) in [4.78, 5) is 190. The summed E-state index contributed by atoms with van der Waals surface area (Å²) in [5, 5.41) is 8.62. The Morgan fingerprint density at radius 3 is 1.84 bits per heavy atom. The number of hydrogen-bond donors (Lipinski definition) is 3. The fourth-order valence-electron chi connectivity index (χ4n) is 15.3. The minimum atomic E-state index is -5.00. The number of fused-ring (bicyclic) bond motifs is 2. The molecule has 2 aliphatic carbocycles. The number of likely N-dealkylation sites (tertiary alicyclic amines) is 1. The third kappa shape index (κ3) is 19.0. The standard InChI is InChI=1S/C71H108F4N12O12/c1-13-45(6)59-67(97)80(8)42-58(90)86-36-30-52(86)65(95)82(10)54(39-46-23-16-14-17-24-46)64(94)79(7)41-56(88)76-50(29-27-47-26-28-48(49(72)38-47)71(73,74)75)63(93)87-35-22-25-51(87)62(92)78-70(31-18-19-32-70)69(99)84(12)60(44(4)5)68(98)83(11)55(66(96)85-33-20-15-21-34-85)40-57(89)81(9)53(37-43(2)3)61(91)77-59/h26,28,38,43-46,50-55,59-60H,13-25,27,29-37,39-42H2,1-12H3,(H,76,88)(H,77,91)(H,78,92)/t45-,50-,51-,52-,53-,54-,55-,59-,60-/m0/s1. The highest BCUT2D eigenvalue weighted by Gasteiger charge is 2.51. The van der Waals surface area contributed by atoms with Gasteiger partial charge in [-0.15, -0.1) is 0 Å². The molecule has 4 saturated heterocycles. The molecule has 4 heterocycles. The fraction of sp³-hybridized carbons (Fsp3) is 0.746. The monoisotopic (exact) mass is 1400 g/mol. The molecule has 0 unspecified atom stereocenters. The Balaban J connectivity index is 1.27. The van der Waals surface area contributed by atoms with E-state index in [1.165, 1.54) is 76.6 Å². The normalized spacial score (nSPS) is 27.2. The molecule has 3 N–H and O–H groups in total. The first-order valence-electron chi connectivity index (χ1n) is 35.8. The summed E-state index contributed by atoms with van der Waals surface area (Å²) in [5.74, 6) is -10.7. The lowest BCUT2D eigenvalue weighted by atomic mass is 9.84. The van der Waals surface area contributed by atoms with E-state index in [0.717, 1.165) is 49.5 Å². The van der Waals surface area contributed by atoms with E-state index in [1.807, 2.05) is 20.8 Å². The Morgan fingerprint density at radius 2 is 1.25 bits per heavy atom. The summed E-state index contributed by atoms with van der Waals surface area (Å²) in [6, 6.07) is -7.65. The molecule has 7 rings (SSSR count). The van der Waals surface area contributed by atoms with E-state index in [-0.39, 0.29) is 81.9 Å². The van der Waals surface area contributed by atoms with Crippen molar-refractivity contribution in [3.63, 3.8) is 0 Å². The quantitative estimate of drug-likeness (QED) is 0.244. The number of nitrogens with zero attached hydrogens (tertiary/aromatic N) is 9. The van der Waals surface area contributed by atoms with E-state index in [0.29, 0.717) is 63.7 Å². The van der Waals surface area contributed by atoms with E-state index >= 15 is 18.8 Å². The maximum absolute atomic E-state index is 15.4. The molecule has 0 radical (unpaired) electrons. The van der Waals surface area contributed by atoms with Gasteiger partial charge >= 0.3 is 6.18 Å². The minimum Gasteiger partial charge on any atom is -0.343 e. The molecular formula is C71H108F4N12O12. The molecule has 6 aliphatic rings. The molecule has 1 spiro atoms. The van der Waals surface area contributed by atoms with E-state index in [4.69, 9.17) is 0 Å². The van der Waals surface area contributed by atoms with Crippen molar-refractivity contribution < 1.29 is 75.1 Å². The first kappa shape index (κ1) is 78.9. The summed E-state index contributed by atoms with van der Waals surface area (Å²) in [6.07, 6.45) is 3.02. The van der Waals surface area contributed by atoms with Crippen LogP contribution in [0.2, 0.25) is 0 Å². The molecule has 4 aliphatic heterocycles. The van der Waals surface area contributed by atoms with Crippen molar-refractivity contribution in [3.8, 4) is 0 Å². The summed E-state index contributed by atoms with van der Waals surface area (Å²) < 4.78 is 56.2. The van der Waals surface area contributed by atoms with Crippen molar-refractivity contribution in [2.24, 2.45) is 23.7 Å². The van der Waals surface area contributed by atoms with Crippen LogP contribution in [-0.2, 0) is 70.1 Å². The van der Waals surface area contributed by atoms with Gasteiger partial charge in [-0.2, -0.15) is 13.2 Å². The Morgan fingerprint density at radius 1 is 0.616 bits per heavy atom. The van der Waals surface area contributed by atoms with Crippen molar-refractivity contribution in [2.45, 2.75) is 236 Å². The second-order valence-electron chi connectivity index (χ2n) is 29.6. The van der Waals surface area contributed by atoms with Crippen molar-refractivity contribution in [2.75, 3.05) is 81.6 Å². The second-order valence-corrected chi connectivity index (χ2v) is 29.6. The molecule has 12 amide bonds. The highest BCUT2D eigenvalue weighted by atomic mass is 19.4. The van der Waals surface area contributed by atoms with Gasteiger partial charge in [-0.1, -0.05) is 99.0 Å². The predicted molar refractivity (Wildman–Crippen MR) is 359 cm³/mol. The number of amides is 12. The van der Waals surface area contributed by atoms with Crippen LogP contribution in [0.15, 0.2) is 18.2 Å². The van der Waals surface area contributed by atoms with Gasteiger partial charge in [-0.3, -0.25) is 57.5 Å². The van der Waals surface area contributed by atoms with E-state index in [9.17, 15) is 56.3 Å². The topological polar surface area (TPSA) is 270 Å². The lowest BCUT2D eigenvalue weighted by molar-refractivity contribution is -0.158. The number of nitrogens with one attached hydrogen (secondary N) is 3. The van der Waals surface area contributed by atoms with Gasteiger partial charge in [0.15, 0.2) is 0 Å². The first-order valence-corrected chi connectivity index (χ1v) is 35.8. The number of benzene rings is 1. The minimum absolute atomic E-state index is 0.00433. The number of piperidine rings is 1. The molecule has 0 bridgehead atoms. The lowest BCUT2D eigenvalue weighted by Crippen LogP contribution is -2.65. The summed E-state index contributed by atoms with van der Waals surface area (Å²) in [6.45, 7) is 10.5. The Hall–Kier alpha value is -7.42. The van der Waals surface area contributed by atoms with Gasteiger partial charge in [0.25, 0.3) is 0 Å². The lowest BCUT2D eigenvalue weighted by Gasteiger charge is -2.44. The van der Waals surface area contributed by atoms with Gasteiger partial charge in [0.1, 0.15) is 59.7 Å². The largest absolute Gasteiger partial charge is 0.419 e. The number of alkyl halides is 3. The molecule has 9 atom stereocenters. The van der Waals surface area contributed by atoms with Gasteiger partial charge in [0, 0.05) is 68.5 Å². The summed E-state index contributed by atoms with van der Waals surface area (Å²) in [7, 11) is 8.49. The average Bonchev–Trinajstić information content (AvgIpc) is 1.77. The summed E-state index contributed by atoms with van der Waals surface area (Å²) >= 11 is 0. The van der Waals surface area contributed by atoms with Crippen LogP contribution in [0.1, 0.15) is 181 Å². The fourth-order valence-corrected chi connectivity index (χ4v) is 15.3. The molecule has 99 heavy (non-hydrogen) atoms. The van der Waals surface area contributed by atoms with Crippen molar-refractivity contribution in [1.29, 1.82) is 0 Å². The van der Waals surface area contributed by atoms with Crippen molar-refractivity contribution >= 4 is 70.9 Å². The van der Waals surface area contributed by atoms with Crippen LogP contribution in [0.4, 0.5) is 17.6 Å². The molecule has 1 aromatic carbocycles. The summed E-state index contributed by atoms with van der Waals surface area (Å²) in [5.41, 5.74) is -3.05. The average molecular weight is 1400 g/mol. The molecule has 1 aromatic rings. The maximum Gasteiger partial charge on any atom is 0.419 e. The van der Waals surface area contributed by atoms with Crippen LogP contribution >= 0.6 is 0 Å². The first-order chi connectivity index (χ1) is 46.6. The number of halogens is 4. The highest BCUT2D eigenvalue weighted by molar-refractivity contribution is 6.01. The van der Waals surface area contributed by atoms with E-state index < -0.39 is 174 Å².